The van der Waals surface area contributed by atoms with Crippen LogP contribution in [-0.2, 0) is 19.3 Å². The Morgan fingerprint density at radius 1 is 1.23 bits per heavy atom. The maximum atomic E-state index is 5.31. The summed E-state index contributed by atoms with van der Waals surface area (Å²) in [4.78, 5) is 1.23. The Morgan fingerprint density at radius 2 is 1.85 bits per heavy atom. The molecule has 0 unspecified atom stereocenters. The van der Waals surface area contributed by atoms with Crippen molar-refractivity contribution in [2.45, 2.75) is 6.04 Å². The Balaban J connectivity index is 2.67. The fourth-order valence-corrected chi connectivity index (χ4v) is 3.92. The summed E-state index contributed by atoms with van der Waals surface area (Å²) in [5.74, 6) is 0. The minimum absolute atomic E-state index is 0.744. The summed E-state index contributed by atoms with van der Waals surface area (Å²) in [5, 5.41) is 2.04. The van der Waals surface area contributed by atoms with Crippen molar-refractivity contribution < 1.29 is 13.3 Å². The molecule has 0 amide bonds. The molecule has 0 aliphatic rings. The molecule has 0 bridgehead atoms. The van der Waals surface area contributed by atoms with Crippen LogP contribution in [0.3, 0.4) is 0 Å². The molecular weight excluding hydrogens is 204 g/mol. The van der Waals surface area contributed by atoms with Crippen molar-refractivity contribution in [1.29, 1.82) is 0 Å². The molecule has 1 heterocycles. The lowest BCUT2D eigenvalue weighted by atomic mass is 10.5. The van der Waals surface area contributed by atoms with Crippen LogP contribution in [0.1, 0.15) is 4.88 Å². The minimum atomic E-state index is -2.41. The molecule has 0 saturated heterocycles. The fraction of sp³-hybridized carbons (Fsp3) is 0.500. The first kappa shape index (κ1) is 10.9. The lowest BCUT2D eigenvalue weighted by Crippen LogP contribution is -2.45. The Bertz CT molecular complexity index is 225. The molecule has 1 rings (SSSR count). The van der Waals surface area contributed by atoms with Gasteiger partial charge in [0.1, 0.15) is 0 Å². The Hall–Kier alpha value is -0.203. The summed E-state index contributed by atoms with van der Waals surface area (Å²) < 4.78 is 15.9. The minimum Gasteiger partial charge on any atom is -0.377 e. The normalized spacial score (nSPS) is 11.9. The van der Waals surface area contributed by atoms with Gasteiger partial charge in [0.15, 0.2) is 0 Å². The van der Waals surface area contributed by atoms with Gasteiger partial charge in [-0.05, 0) is 11.4 Å². The van der Waals surface area contributed by atoms with Crippen LogP contribution in [0, 0.1) is 0 Å². The zero-order valence-corrected chi connectivity index (χ0v) is 9.89. The third kappa shape index (κ3) is 2.62. The summed E-state index contributed by atoms with van der Waals surface area (Å²) in [6.45, 7) is 0. The molecule has 0 saturated carbocycles. The van der Waals surface area contributed by atoms with Crippen LogP contribution in [0.5, 0.6) is 0 Å². The van der Waals surface area contributed by atoms with Gasteiger partial charge in [0.25, 0.3) is 0 Å². The SMILES string of the molecule is CO[Si](Cc1cccs1)(OC)OC. The zero-order valence-electron chi connectivity index (χ0n) is 8.07. The molecule has 0 fully saturated rings. The van der Waals surface area contributed by atoms with Crippen molar-refractivity contribution >= 4 is 20.1 Å². The highest BCUT2D eigenvalue weighted by Gasteiger charge is 2.38. The first-order chi connectivity index (χ1) is 6.26. The summed E-state index contributed by atoms with van der Waals surface area (Å²) in [6.07, 6.45) is 0. The Labute approximate surface area is 83.6 Å². The maximum absolute atomic E-state index is 5.31. The van der Waals surface area contributed by atoms with E-state index in [1.807, 2.05) is 11.4 Å². The lowest BCUT2D eigenvalue weighted by molar-refractivity contribution is 0.123. The van der Waals surface area contributed by atoms with Gasteiger partial charge < -0.3 is 13.3 Å². The lowest BCUT2D eigenvalue weighted by Gasteiger charge is -2.23. The predicted octanol–water partition coefficient (Wildman–Crippen LogP) is 1.71. The predicted molar refractivity (Wildman–Crippen MR) is 54.8 cm³/mol. The highest BCUT2D eigenvalue weighted by atomic mass is 32.1. The summed E-state index contributed by atoms with van der Waals surface area (Å²) in [6, 6.07) is 4.82. The average molecular weight is 218 g/mol. The number of thiophene rings is 1. The Morgan fingerprint density at radius 3 is 2.23 bits per heavy atom. The van der Waals surface area contributed by atoms with Crippen molar-refractivity contribution in [2.24, 2.45) is 0 Å². The molecule has 1 aromatic heterocycles. The molecular formula is C8H14O3SSi. The maximum Gasteiger partial charge on any atom is 0.505 e. The summed E-state index contributed by atoms with van der Waals surface area (Å²) >= 11 is 1.69. The smallest absolute Gasteiger partial charge is 0.377 e. The average Bonchev–Trinajstić information content (AvgIpc) is 2.67. The van der Waals surface area contributed by atoms with E-state index in [-0.39, 0.29) is 0 Å². The zero-order chi connectivity index (χ0) is 9.73. The van der Waals surface area contributed by atoms with Crippen LogP contribution < -0.4 is 0 Å². The van der Waals surface area contributed by atoms with Gasteiger partial charge in [-0.3, -0.25) is 0 Å². The molecule has 0 aliphatic carbocycles. The van der Waals surface area contributed by atoms with Crippen LogP contribution in [0.15, 0.2) is 17.5 Å². The number of rotatable bonds is 5. The second kappa shape index (κ2) is 4.87. The molecule has 0 radical (unpaired) electrons. The van der Waals surface area contributed by atoms with Crippen molar-refractivity contribution in [3.05, 3.63) is 22.4 Å². The van der Waals surface area contributed by atoms with Gasteiger partial charge in [0.05, 0.1) is 6.04 Å². The molecule has 0 spiro atoms. The van der Waals surface area contributed by atoms with Crippen LogP contribution in [0.4, 0.5) is 0 Å². The molecule has 5 heteroatoms. The van der Waals surface area contributed by atoms with E-state index in [0.717, 1.165) is 6.04 Å². The van der Waals surface area contributed by atoms with Crippen LogP contribution in [0.2, 0.25) is 0 Å². The molecule has 3 nitrogen and oxygen atoms in total. The van der Waals surface area contributed by atoms with Crippen LogP contribution in [-0.4, -0.2) is 30.1 Å². The largest absolute Gasteiger partial charge is 0.505 e. The van der Waals surface area contributed by atoms with Crippen molar-refractivity contribution in [2.75, 3.05) is 21.3 Å². The summed E-state index contributed by atoms with van der Waals surface area (Å²) in [5.41, 5.74) is 0. The van der Waals surface area contributed by atoms with E-state index < -0.39 is 8.80 Å². The molecule has 0 atom stereocenters. The molecule has 1 aromatic rings. The van der Waals surface area contributed by atoms with Crippen LogP contribution in [0.25, 0.3) is 0 Å². The van der Waals surface area contributed by atoms with Crippen molar-refractivity contribution in [3.63, 3.8) is 0 Å². The van der Waals surface area contributed by atoms with E-state index in [2.05, 4.69) is 6.07 Å². The molecule has 74 valence electrons. The second-order valence-corrected chi connectivity index (χ2v) is 6.53. The Kier molecular flexibility index (Phi) is 4.08. The first-order valence-corrected chi connectivity index (χ1v) is 6.75. The first-order valence-electron chi connectivity index (χ1n) is 3.94. The third-order valence-electron chi connectivity index (χ3n) is 1.90. The topological polar surface area (TPSA) is 27.7 Å². The number of hydrogen-bond donors (Lipinski definition) is 0. The van der Waals surface area contributed by atoms with E-state index in [9.17, 15) is 0 Å². The van der Waals surface area contributed by atoms with E-state index >= 15 is 0 Å². The fourth-order valence-electron chi connectivity index (χ4n) is 1.09. The third-order valence-corrected chi connectivity index (χ3v) is 5.72. The molecule has 0 aliphatic heterocycles. The van der Waals surface area contributed by atoms with Gasteiger partial charge >= 0.3 is 8.80 Å². The van der Waals surface area contributed by atoms with Gasteiger partial charge in [-0.25, -0.2) is 0 Å². The van der Waals surface area contributed by atoms with E-state index in [1.54, 1.807) is 32.7 Å². The summed E-state index contributed by atoms with van der Waals surface area (Å²) in [7, 11) is 2.48. The van der Waals surface area contributed by atoms with Gasteiger partial charge in [-0.1, -0.05) is 6.07 Å². The van der Waals surface area contributed by atoms with Gasteiger partial charge in [-0.15, -0.1) is 11.3 Å². The molecule has 0 N–H and O–H groups in total. The number of hydrogen-bond acceptors (Lipinski definition) is 4. The van der Waals surface area contributed by atoms with Gasteiger partial charge in [0, 0.05) is 26.2 Å². The standard InChI is InChI=1S/C8H14O3SSi/c1-9-13(10-2,11-3)7-8-5-4-6-12-8/h4-6H,7H2,1-3H3. The van der Waals surface area contributed by atoms with E-state index in [1.165, 1.54) is 4.88 Å². The van der Waals surface area contributed by atoms with Gasteiger partial charge in [0.2, 0.25) is 0 Å². The second-order valence-electron chi connectivity index (χ2n) is 2.55. The highest BCUT2D eigenvalue weighted by Crippen LogP contribution is 2.18. The van der Waals surface area contributed by atoms with Crippen molar-refractivity contribution in [3.8, 4) is 0 Å². The molecule has 13 heavy (non-hydrogen) atoms. The molecule has 0 aromatic carbocycles. The monoisotopic (exact) mass is 218 g/mol. The highest BCUT2D eigenvalue weighted by molar-refractivity contribution is 7.10. The quantitative estimate of drug-likeness (QED) is 0.704. The van der Waals surface area contributed by atoms with Gasteiger partial charge in [-0.2, -0.15) is 0 Å². The van der Waals surface area contributed by atoms with E-state index in [4.69, 9.17) is 13.3 Å². The van der Waals surface area contributed by atoms with E-state index in [0.29, 0.717) is 0 Å². The van der Waals surface area contributed by atoms with Crippen LogP contribution >= 0.6 is 11.3 Å². The van der Waals surface area contributed by atoms with Crippen molar-refractivity contribution in [1.82, 2.24) is 0 Å².